The molecule has 2 heterocycles. The lowest BCUT2D eigenvalue weighted by Gasteiger charge is -2.35. The lowest BCUT2D eigenvalue weighted by molar-refractivity contribution is -0.145. The first-order valence-electron chi connectivity index (χ1n) is 14.8. The van der Waals surface area contributed by atoms with Gasteiger partial charge in [-0.3, -0.25) is 24.2 Å². The van der Waals surface area contributed by atoms with Crippen molar-refractivity contribution in [2.45, 2.75) is 44.3 Å². The molecule has 3 aromatic rings. The van der Waals surface area contributed by atoms with Gasteiger partial charge in [0.1, 0.15) is 17.8 Å². The molecule has 252 valence electrons. The second-order valence-electron chi connectivity index (χ2n) is 10.6. The van der Waals surface area contributed by atoms with Crippen molar-refractivity contribution in [1.82, 2.24) is 15.3 Å². The van der Waals surface area contributed by atoms with E-state index in [0.717, 1.165) is 11.3 Å². The van der Waals surface area contributed by atoms with Gasteiger partial charge in [-0.15, -0.1) is 0 Å². The van der Waals surface area contributed by atoms with Gasteiger partial charge in [-0.25, -0.2) is 4.79 Å². The molecule has 2 unspecified atom stereocenters. The number of carbonyl (C=O) groups is 4. The number of hydrogen-bond donors (Lipinski definition) is 8. The largest absolute Gasteiger partial charge is 0.481 e. The molecular weight excluding hydrogens is 612 g/mol. The summed E-state index contributed by atoms with van der Waals surface area (Å²) in [7, 11) is 1.79. The predicted molar refractivity (Wildman–Crippen MR) is 175 cm³/mol. The number of aliphatic carboxylic acids is 2. The average molecular weight is 653 g/mol. The quantitative estimate of drug-likeness (QED) is 0.119. The third kappa shape index (κ3) is 10.7. The second-order valence-corrected chi connectivity index (χ2v) is 10.6. The van der Waals surface area contributed by atoms with Gasteiger partial charge in [0.15, 0.2) is 5.82 Å². The lowest BCUT2D eigenvalue weighted by atomic mass is 10.1. The zero-order valence-electron chi connectivity index (χ0n) is 26.1. The Balaban J connectivity index is 0.000000358. The smallest absolute Gasteiger partial charge is 0.326 e. The number of esters is 1. The Labute approximate surface area is 270 Å². The number of hydrogen-bond acceptors (Lipinski definition) is 12. The molecule has 4 rings (SSSR count). The summed E-state index contributed by atoms with van der Waals surface area (Å²) < 4.78 is 4.81. The van der Waals surface area contributed by atoms with E-state index in [1.165, 1.54) is 12.1 Å². The number of ether oxygens (including phenoxy) is 1. The Morgan fingerprint density at radius 2 is 1.79 bits per heavy atom. The Kier molecular flexibility index (Phi) is 13.1. The van der Waals surface area contributed by atoms with Crippen LogP contribution in [0.2, 0.25) is 0 Å². The highest BCUT2D eigenvalue weighted by atomic mass is 16.5. The van der Waals surface area contributed by atoms with Crippen molar-refractivity contribution in [1.29, 1.82) is 0 Å². The van der Waals surface area contributed by atoms with Gasteiger partial charge in [0, 0.05) is 37.8 Å². The van der Waals surface area contributed by atoms with Gasteiger partial charge >= 0.3 is 17.9 Å². The molecule has 16 nitrogen and oxygen atoms in total. The van der Waals surface area contributed by atoms with Crippen LogP contribution >= 0.6 is 0 Å². The first-order valence-corrected chi connectivity index (χ1v) is 14.8. The Morgan fingerprint density at radius 1 is 1.11 bits per heavy atom. The number of carbonyl (C=O) groups excluding carboxylic acids is 2. The number of nitrogen functional groups attached to an aromatic ring is 1. The van der Waals surface area contributed by atoms with Crippen molar-refractivity contribution in [3.8, 4) is 0 Å². The highest BCUT2D eigenvalue weighted by Gasteiger charge is 2.27. The monoisotopic (exact) mass is 652 g/mol. The minimum absolute atomic E-state index is 0.0388. The third-order valence-corrected chi connectivity index (χ3v) is 7.15. The molecule has 0 radical (unpaired) electrons. The van der Waals surface area contributed by atoms with E-state index in [2.05, 4.69) is 25.9 Å². The zero-order chi connectivity index (χ0) is 34.5. The number of amides is 1. The van der Waals surface area contributed by atoms with Crippen molar-refractivity contribution in [3.05, 3.63) is 76.1 Å². The van der Waals surface area contributed by atoms with E-state index >= 15 is 0 Å². The van der Waals surface area contributed by atoms with Gasteiger partial charge in [0.25, 0.3) is 11.5 Å². The highest BCUT2D eigenvalue weighted by molar-refractivity contribution is 5.97. The van der Waals surface area contributed by atoms with Gasteiger partial charge in [0.2, 0.25) is 5.95 Å². The average Bonchev–Trinajstić information content (AvgIpc) is 3.03. The van der Waals surface area contributed by atoms with Gasteiger partial charge < -0.3 is 47.3 Å². The van der Waals surface area contributed by atoms with E-state index in [4.69, 9.17) is 21.3 Å². The molecular formula is C31H40N8O8. The van der Waals surface area contributed by atoms with Crippen LogP contribution in [0, 0.1) is 0 Å². The van der Waals surface area contributed by atoms with E-state index in [1.807, 2.05) is 35.2 Å². The number of benzene rings is 2. The molecule has 1 amide bonds. The molecule has 16 heteroatoms. The number of nitrogens with one attached hydrogen (secondary N) is 4. The van der Waals surface area contributed by atoms with Crippen LogP contribution in [0.4, 0.5) is 23.1 Å². The molecule has 0 fully saturated rings. The molecule has 47 heavy (non-hydrogen) atoms. The highest BCUT2D eigenvalue weighted by Crippen LogP contribution is 2.25. The fraction of sp³-hybridized carbons (Fsp3) is 0.355. The molecule has 1 aliphatic heterocycles. The van der Waals surface area contributed by atoms with E-state index in [-0.39, 0.29) is 41.9 Å². The van der Waals surface area contributed by atoms with Crippen LogP contribution in [0.5, 0.6) is 0 Å². The first-order chi connectivity index (χ1) is 22.4. The fourth-order valence-electron chi connectivity index (χ4n) is 4.62. The van der Waals surface area contributed by atoms with Gasteiger partial charge in [0.05, 0.1) is 12.6 Å². The van der Waals surface area contributed by atoms with Crippen LogP contribution in [0.25, 0.3) is 0 Å². The Morgan fingerprint density at radius 3 is 2.40 bits per heavy atom. The number of nitrogens with two attached hydrogens (primary N) is 2. The van der Waals surface area contributed by atoms with Crippen LogP contribution in [0.15, 0.2) is 59.4 Å². The second kappa shape index (κ2) is 17.2. The minimum Gasteiger partial charge on any atom is -0.481 e. The molecule has 10 N–H and O–H groups in total. The Hall–Kier alpha value is -5.64. The number of aromatic nitrogens is 2. The van der Waals surface area contributed by atoms with Gasteiger partial charge in [-0.1, -0.05) is 30.3 Å². The van der Waals surface area contributed by atoms with E-state index in [1.54, 1.807) is 26.1 Å². The van der Waals surface area contributed by atoms with Crippen molar-refractivity contribution in [2.75, 3.05) is 48.0 Å². The molecule has 0 saturated heterocycles. The standard InChI is InChI=1S/C20H25N7O6.C11H15NO2/c1-27-12(9-23-16-15(27)18(31)26-20(21)25-16)8-22-11-4-2-10(3-5-11)17(30)24-13(19(32)33)6-7-14(28)29;1-2-14-11(13)10(12)8-9-6-4-3-5-7-9/h2-5,12-13,22H,6-9H2,1H3,(H,24,30)(H,28,29)(H,32,33)(H4,21,23,25,26,31);3-7,10H,2,8,12H2,1H3/t12-,13?;/m0./s1. The number of likely N-dealkylation sites (N-methyl/N-ethyl adjacent to an activating group) is 1. The maximum absolute atomic E-state index is 12.3. The predicted octanol–water partition coefficient (Wildman–Crippen LogP) is 0.862. The van der Waals surface area contributed by atoms with Crippen LogP contribution in [-0.2, 0) is 25.5 Å². The number of carboxylic acids is 2. The summed E-state index contributed by atoms with van der Waals surface area (Å²) in [5, 5.41) is 26.6. The normalized spacial score (nSPS) is 14.6. The first kappa shape index (κ1) is 35.8. The number of aromatic amines is 1. The zero-order valence-corrected chi connectivity index (χ0v) is 26.1. The van der Waals surface area contributed by atoms with E-state index in [0.29, 0.717) is 37.6 Å². The summed E-state index contributed by atoms with van der Waals surface area (Å²) in [5.41, 5.74) is 13.3. The molecule has 0 saturated carbocycles. The number of fused-ring (bicyclic) bond motifs is 1. The lowest BCUT2D eigenvalue weighted by Crippen LogP contribution is -2.48. The van der Waals surface area contributed by atoms with Gasteiger partial charge in [-0.05, 0) is 49.6 Å². The molecule has 3 atom stereocenters. The summed E-state index contributed by atoms with van der Waals surface area (Å²) in [6.45, 7) is 3.16. The van der Waals surface area contributed by atoms with E-state index < -0.39 is 29.9 Å². The van der Waals surface area contributed by atoms with Crippen LogP contribution < -0.4 is 37.9 Å². The Bertz CT molecular complexity index is 1580. The molecule has 0 spiro atoms. The van der Waals surface area contributed by atoms with Crippen molar-refractivity contribution < 1.29 is 34.1 Å². The molecule has 1 aliphatic rings. The number of rotatable bonds is 13. The summed E-state index contributed by atoms with van der Waals surface area (Å²) >= 11 is 0. The van der Waals surface area contributed by atoms with Crippen molar-refractivity contribution in [3.63, 3.8) is 0 Å². The number of nitrogens with zero attached hydrogens (tertiary/aromatic N) is 2. The van der Waals surface area contributed by atoms with Crippen LogP contribution in [-0.4, -0.2) is 88.9 Å². The van der Waals surface area contributed by atoms with Crippen molar-refractivity contribution in [2.24, 2.45) is 5.73 Å². The maximum atomic E-state index is 12.3. The number of anilines is 4. The van der Waals surface area contributed by atoms with E-state index in [9.17, 15) is 29.1 Å². The van der Waals surface area contributed by atoms with Crippen molar-refractivity contribution >= 4 is 47.0 Å². The van der Waals surface area contributed by atoms with Gasteiger partial charge in [-0.2, -0.15) is 4.98 Å². The third-order valence-electron chi connectivity index (χ3n) is 7.15. The summed E-state index contributed by atoms with van der Waals surface area (Å²) in [5.74, 6) is -2.93. The number of carboxylic acid groups (broad SMARTS) is 2. The van der Waals surface area contributed by atoms with Crippen LogP contribution in [0.1, 0.15) is 35.7 Å². The molecule has 0 bridgehead atoms. The van der Waals surface area contributed by atoms with Crippen LogP contribution in [0.3, 0.4) is 0 Å². The summed E-state index contributed by atoms with van der Waals surface area (Å²) in [4.78, 5) is 66.1. The minimum atomic E-state index is -1.30. The fourth-order valence-corrected chi connectivity index (χ4v) is 4.62. The molecule has 2 aromatic carbocycles. The SMILES string of the molecule is CCOC(=O)C(N)Cc1ccccc1.CN1c2c(nc(N)[nH]c2=O)NC[C@@H]1CNc1ccc(C(=O)NC(CCC(=O)O)C(=O)O)cc1. The topological polar surface area (TPSA) is 255 Å². The number of H-pyrrole nitrogens is 1. The maximum Gasteiger partial charge on any atom is 0.326 e. The summed E-state index contributed by atoms with van der Waals surface area (Å²) in [6, 6.07) is 14.1. The summed E-state index contributed by atoms with van der Waals surface area (Å²) in [6.07, 6.45) is -0.0584. The molecule has 0 aliphatic carbocycles. The molecule has 1 aromatic heterocycles.